The van der Waals surface area contributed by atoms with Gasteiger partial charge in [0.15, 0.2) is 0 Å². The van der Waals surface area contributed by atoms with E-state index in [1.54, 1.807) is 12.1 Å². The fourth-order valence-corrected chi connectivity index (χ4v) is 2.27. The molecule has 1 aliphatic rings. The van der Waals surface area contributed by atoms with Crippen molar-refractivity contribution >= 4 is 5.97 Å². The van der Waals surface area contributed by atoms with Crippen molar-refractivity contribution < 1.29 is 18.7 Å². The van der Waals surface area contributed by atoms with E-state index in [1.807, 2.05) is 0 Å². The number of rotatable bonds is 3. The molecule has 2 rings (SSSR count). The number of hydrogen-bond donors (Lipinski definition) is 1. The van der Waals surface area contributed by atoms with Crippen LogP contribution in [0.5, 0.6) is 5.75 Å². The van der Waals surface area contributed by atoms with Gasteiger partial charge >= 0.3 is 5.97 Å². The quantitative estimate of drug-likeness (QED) is 0.833. The van der Waals surface area contributed by atoms with E-state index in [2.05, 4.69) is 10.1 Å². The lowest BCUT2D eigenvalue weighted by atomic mass is 9.95. The summed E-state index contributed by atoms with van der Waals surface area (Å²) in [6.45, 7) is 1.59. The van der Waals surface area contributed by atoms with Gasteiger partial charge in [-0.25, -0.2) is 9.18 Å². The monoisotopic (exact) mass is 253 g/mol. The van der Waals surface area contributed by atoms with E-state index >= 15 is 0 Å². The SMILES string of the molecule is COC(=O)c1c(OC)ccc(C2CCNC2)c1F. The van der Waals surface area contributed by atoms with Gasteiger partial charge in [0.2, 0.25) is 0 Å². The minimum atomic E-state index is -0.711. The molecule has 1 unspecified atom stereocenters. The molecule has 0 saturated carbocycles. The van der Waals surface area contributed by atoms with Gasteiger partial charge in [0.25, 0.3) is 0 Å². The van der Waals surface area contributed by atoms with Crippen LogP contribution < -0.4 is 10.1 Å². The lowest BCUT2D eigenvalue weighted by Gasteiger charge is -2.14. The van der Waals surface area contributed by atoms with E-state index in [0.717, 1.165) is 19.5 Å². The van der Waals surface area contributed by atoms with Gasteiger partial charge in [-0.2, -0.15) is 0 Å². The molecule has 18 heavy (non-hydrogen) atoms. The average Bonchev–Trinajstić information content (AvgIpc) is 2.91. The summed E-state index contributed by atoms with van der Waals surface area (Å²) in [5.74, 6) is -0.944. The predicted molar refractivity (Wildman–Crippen MR) is 64.5 cm³/mol. The summed E-state index contributed by atoms with van der Waals surface area (Å²) in [7, 11) is 2.63. The van der Waals surface area contributed by atoms with Crippen LogP contribution in [-0.4, -0.2) is 33.3 Å². The molecule has 1 heterocycles. The zero-order chi connectivity index (χ0) is 13.1. The number of benzene rings is 1. The van der Waals surface area contributed by atoms with Crippen LogP contribution >= 0.6 is 0 Å². The van der Waals surface area contributed by atoms with Crippen LogP contribution in [0.15, 0.2) is 12.1 Å². The smallest absolute Gasteiger partial charge is 0.344 e. The maximum Gasteiger partial charge on any atom is 0.344 e. The van der Waals surface area contributed by atoms with Crippen LogP contribution in [0, 0.1) is 5.82 Å². The number of nitrogens with one attached hydrogen (secondary N) is 1. The Bertz CT molecular complexity index is 456. The second kappa shape index (κ2) is 5.35. The summed E-state index contributed by atoms with van der Waals surface area (Å²) < 4.78 is 24.0. The fourth-order valence-electron chi connectivity index (χ4n) is 2.27. The molecule has 0 radical (unpaired) electrons. The van der Waals surface area contributed by atoms with Gasteiger partial charge in [0, 0.05) is 12.5 Å². The molecular formula is C13H16FNO3. The molecule has 1 aromatic carbocycles. The highest BCUT2D eigenvalue weighted by Gasteiger charge is 2.26. The van der Waals surface area contributed by atoms with E-state index in [0.29, 0.717) is 5.56 Å². The van der Waals surface area contributed by atoms with Gasteiger partial charge in [-0.1, -0.05) is 6.07 Å². The van der Waals surface area contributed by atoms with Crippen LogP contribution in [0.25, 0.3) is 0 Å². The summed E-state index contributed by atoms with van der Waals surface area (Å²) in [5, 5.41) is 3.18. The number of carbonyl (C=O) groups is 1. The topological polar surface area (TPSA) is 47.6 Å². The molecule has 1 aliphatic heterocycles. The molecule has 0 bridgehead atoms. The predicted octanol–water partition coefficient (Wildman–Crippen LogP) is 1.70. The Balaban J connectivity index is 2.47. The minimum absolute atomic E-state index is 0.0966. The molecule has 1 N–H and O–H groups in total. The van der Waals surface area contributed by atoms with Crippen molar-refractivity contribution in [3.8, 4) is 5.75 Å². The van der Waals surface area contributed by atoms with Crippen LogP contribution in [0.1, 0.15) is 28.3 Å². The number of esters is 1. The molecule has 5 heteroatoms. The first-order chi connectivity index (χ1) is 8.69. The largest absolute Gasteiger partial charge is 0.496 e. The Hall–Kier alpha value is -1.62. The van der Waals surface area contributed by atoms with Crippen molar-refractivity contribution in [1.82, 2.24) is 5.32 Å². The van der Waals surface area contributed by atoms with E-state index < -0.39 is 11.8 Å². The Labute approximate surface area is 105 Å². The zero-order valence-electron chi connectivity index (χ0n) is 10.5. The van der Waals surface area contributed by atoms with Gasteiger partial charge in [-0.05, 0) is 24.6 Å². The normalized spacial score (nSPS) is 18.7. The standard InChI is InChI=1S/C13H16FNO3/c1-17-10-4-3-9(8-5-6-15-7-8)12(14)11(10)13(16)18-2/h3-4,8,15H,5-7H2,1-2H3. The first-order valence-electron chi connectivity index (χ1n) is 5.84. The molecule has 0 aliphatic carbocycles. The summed E-state index contributed by atoms with van der Waals surface area (Å²) >= 11 is 0. The second-order valence-electron chi connectivity index (χ2n) is 4.23. The van der Waals surface area contributed by atoms with Crippen molar-refractivity contribution in [2.24, 2.45) is 0 Å². The summed E-state index contributed by atoms with van der Waals surface area (Å²) in [6.07, 6.45) is 0.865. The highest BCUT2D eigenvalue weighted by molar-refractivity contribution is 5.93. The maximum atomic E-state index is 14.4. The van der Waals surface area contributed by atoms with Gasteiger partial charge in [-0.15, -0.1) is 0 Å². The summed E-state index contributed by atoms with van der Waals surface area (Å²) in [6, 6.07) is 3.29. The van der Waals surface area contributed by atoms with Crippen LogP contribution in [0.2, 0.25) is 0 Å². The lowest BCUT2D eigenvalue weighted by molar-refractivity contribution is 0.0591. The summed E-state index contributed by atoms with van der Waals surface area (Å²) in [5.41, 5.74) is 0.422. The van der Waals surface area contributed by atoms with Gasteiger partial charge < -0.3 is 14.8 Å². The van der Waals surface area contributed by atoms with Gasteiger partial charge in [-0.3, -0.25) is 0 Å². The van der Waals surface area contributed by atoms with Crippen molar-refractivity contribution in [2.45, 2.75) is 12.3 Å². The van der Waals surface area contributed by atoms with Gasteiger partial charge in [0.1, 0.15) is 17.1 Å². The molecule has 0 spiro atoms. The molecule has 1 fully saturated rings. The van der Waals surface area contributed by atoms with Crippen LogP contribution in [0.4, 0.5) is 4.39 Å². The van der Waals surface area contributed by atoms with Crippen molar-refractivity contribution in [3.63, 3.8) is 0 Å². The van der Waals surface area contributed by atoms with Gasteiger partial charge in [0.05, 0.1) is 14.2 Å². The number of methoxy groups -OCH3 is 2. The lowest BCUT2D eigenvalue weighted by Crippen LogP contribution is -2.13. The highest BCUT2D eigenvalue weighted by atomic mass is 19.1. The fraction of sp³-hybridized carbons (Fsp3) is 0.462. The van der Waals surface area contributed by atoms with Crippen molar-refractivity contribution in [3.05, 3.63) is 29.1 Å². The molecule has 1 aromatic rings. The molecule has 1 atom stereocenters. The zero-order valence-corrected chi connectivity index (χ0v) is 10.5. The molecule has 0 aromatic heterocycles. The number of ether oxygens (including phenoxy) is 2. The number of halogens is 1. The Morgan fingerprint density at radius 3 is 2.78 bits per heavy atom. The van der Waals surface area contributed by atoms with Crippen molar-refractivity contribution in [2.75, 3.05) is 27.3 Å². The average molecular weight is 253 g/mol. The van der Waals surface area contributed by atoms with E-state index in [4.69, 9.17) is 4.74 Å². The molecule has 4 nitrogen and oxygen atoms in total. The summed E-state index contributed by atoms with van der Waals surface area (Å²) in [4.78, 5) is 11.6. The third-order valence-electron chi connectivity index (χ3n) is 3.24. The van der Waals surface area contributed by atoms with E-state index in [-0.39, 0.29) is 17.2 Å². The molecule has 1 saturated heterocycles. The van der Waals surface area contributed by atoms with E-state index in [9.17, 15) is 9.18 Å². The highest BCUT2D eigenvalue weighted by Crippen LogP contribution is 2.31. The second-order valence-corrected chi connectivity index (χ2v) is 4.23. The molecule has 98 valence electrons. The third kappa shape index (κ3) is 2.18. The number of hydrogen-bond acceptors (Lipinski definition) is 4. The number of carbonyl (C=O) groups excluding carboxylic acids is 1. The van der Waals surface area contributed by atoms with Crippen LogP contribution in [-0.2, 0) is 4.74 Å². The minimum Gasteiger partial charge on any atom is -0.496 e. The molecule has 0 amide bonds. The molecular weight excluding hydrogens is 237 g/mol. The first kappa shape index (κ1) is 12.8. The van der Waals surface area contributed by atoms with Crippen LogP contribution in [0.3, 0.4) is 0 Å². The van der Waals surface area contributed by atoms with E-state index in [1.165, 1.54) is 14.2 Å². The van der Waals surface area contributed by atoms with Crippen molar-refractivity contribution in [1.29, 1.82) is 0 Å². The Morgan fingerprint density at radius 2 is 2.22 bits per heavy atom. The Kier molecular flexibility index (Phi) is 3.81. The Morgan fingerprint density at radius 1 is 1.44 bits per heavy atom. The third-order valence-corrected chi connectivity index (χ3v) is 3.24. The maximum absolute atomic E-state index is 14.4. The first-order valence-corrected chi connectivity index (χ1v) is 5.84.